The molecule has 1 N–H and O–H groups in total. The largest absolute Gasteiger partial charge is 0.324 e. The molecule has 1 atom stereocenters. The zero-order valence-electron chi connectivity index (χ0n) is 19.0. The first-order valence-electron chi connectivity index (χ1n) is 10.4. The van der Waals surface area contributed by atoms with Crippen molar-refractivity contribution in [1.29, 1.82) is 0 Å². The fourth-order valence-electron chi connectivity index (χ4n) is 2.69. The summed E-state index contributed by atoms with van der Waals surface area (Å²) in [6.45, 7) is -2.41. The van der Waals surface area contributed by atoms with Crippen LogP contribution in [0.2, 0.25) is 0 Å². The summed E-state index contributed by atoms with van der Waals surface area (Å²) in [5.41, 5.74) is 2.34. The zero-order chi connectivity index (χ0) is 20.6. The molecular weight excluding hydrogens is 248 g/mol. The summed E-state index contributed by atoms with van der Waals surface area (Å²) in [5, 5.41) is 2.82. The van der Waals surface area contributed by atoms with Gasteiger partial charge in [-0.3, -0.25) is 9.69 Å². The molecule has 20 heavy (non-hydrogen) atoms. The number of piperidine rings is 1. The summed E-state index contributed by atoms with van der Waals surface area (Å²) in [7, 11) is 0. The Balaban J connectivity index is 2.40. The molecule has 1 saturated heterocycles. The molecule has 0 saturated carbocycles. The predicted molar refractivity (Wildman–Crippen MR) is 84.0 cm³/mol. The maximum atomic E-state index is 13.0. The Morgan fingerprint density at radius 2 is 2.10 bits per heavy atom. The molecule has 1 aromatic rings. The highest BCUT2D eigenvalue weighted by atomic mass is 16.2. The number of nitrogens with zero attached hydrogens (tertiary/aromatic N) is 1. The van der Waals surface area contributed by atoms with Crippen LogP contribution in [-0.2, 0) is 4.79 Å². The number of amides is 1. The van der Waals surface area contributed by atoms with Crippen LogP contribution in [-0.4, -0.2) is 29.4 Å². The quantitative estimate of drug-likeness (QED) is 0.919. The lowest BCUT2D eigenvalue weighted by Crippen LogP contribution is -2.50. The second-order valence-electron chi connectivity index (χ2n) is 5.31. The lowest BCUT2D eigenvalue weighted by molar-refractivity contribution is -0.123. The number of likely N-dealkylation sites (tertiary alicyclic amines) is 1. The van der Waals surface area contributed by atoms with Gasteiger partial charge in [0.1, 0.15) is 0 Å². The number of carbonyl (C=O) groups is 1. The van der Waals surface area contributed by atoms with Crippen molar-refractivity contribution >= 4 is 11.6 Å². The van der Waals surface area contributed by atoms with E-state index in [4.69, 9.17) is 9.60 Å². The molecular formula is C17H26N2O. The molecule has 2 rings (SSSR count). The molecule has 1 unspecified atom stereocenters. The third kappa shape index (κ3) is 3.21. The van der Waals surface area contributed by atoms with Crippen LogP contribution in [0.15, 0.2) is 18.2 Å². The SMILES string of the molecule is [2H]C([2H])([2H])C([2H])(N1CCCCC1C(=O)Nc1c(C)cccc1C)C([2H])([2H])[2H]. The van der Waals surface area contributed by atoms with Crippen LogP contribution in [0.5, 0.6) is 0 Å². The summed E-state index contributed by atoms with van der Waals surface area (Å²) in [6.07, 6.45) is 1.52. The molecule has 1 fully saturated rings. The van der Waals surface area contributed by atoms with Crippen molar-refractivity contribution in [3.63, 3.8) is 0 Å². The van der Waals surface area contributed by atoms with Crippen molar-refractivity contribution in [2.45, 2.75) is 58.9 Å². The molecule has 1 aliphatic rings. The van der Waals surface area contributed by atoms with Gasteiger partial charge in [-0.25, -0.2) is 0 Å². The number of carbonyl (C=O) groups excluding carboxylic acids is 1. The van der Waals surface area contributed by atoms with E-state index in [-0.39, 0.29) is 6.54 Å². The number of aryl methyl sites for hydroxylation is 2. The number of anilines is 1. The second kappa shape index (κ2) is 6.40. The number of benzene rings is 1. The first-order valence-corrected chi connectivity index (χ1v) is 6.94. The van der Waals surface area contributed by atoms with Crippen LogP contribution in [0.4, 0.5) is 5.69 Å². The van der Waals surface area contributed by atoms with Gasteiger partial charge in [-0.05, 0) is 58.1 Å². The lowest BCUT2D eigenvalue weighted by Gasteiger charge is -2.37. The maximum Gasteiger partial charge on any atom is 0.241 e. The summed E-state index contributed by atoms with van der Waals surface area (Å²) in [5.74, 6) is -0.475. The van der Waals surface area contributed by atoms with Gasteiger partial charge in [0.15, 0.2) is 0 Å². The number of hydrogen-bond donors (Lipinski definition) is 1. The fraction of sp³-hybridized carbons (Fsp3) is 0.588. The Morgan fingerprint density at radius 1 is 1.40 bits per heavy atom. The lowest BCUT2D eigenvalue weighted by atomic mass is 9.99. The van der Waals surface area contributed by atoms with Crippen LogP contribution in [0.25, 0.3) is 0 Å². The van der Waals surface area contributed by atoms with Gasteiger partial charge in [-0.1, -0.05) is 24.6 Å². The van der Waals surface area contributed by atoms with Crippen molar-refractivity contribution in [1.82, 2.24) is 4.90 Å². The van der Waals surface area contributed by atoms with Crippen molar-refractivity contribution in [2.75, 3.05) is 11.9 Å². The summed E-state index contributed by atoms with van der Waals surface area (Å²) >= 11 is 0. The van der Waals surface area contributed by atoms with Gasteiger partial charge in [0, 0.05) is 21.3 Å². The van der Waals surface area contributed by atoms with Crippen LogP contribution < -0.4 is 5.32 Å². The first-order chi connectivity index (χ1) is 12.3. The molecule has 0 spiro atoms. The van der Waals surface area contributed by atoms with Gasteiger partial charge in [0.2, 0.25) is 5.91 Å². The summed E-state index contributed by atoms with van der Waals surface area (Å²) in [4.78, 5) is 14.0. The molecule has 110 valence electrons. The van der Waals surface area contributed by atoms with E-state index in [0.29, 0.717) is 24.9 Å². The Labute approximate surface area is 132 Å². The molecule has 0 aromatic heterocycles. The van der Waals surface area contributed by atoms with Crippen molar-refractivity contribution in [3.8, 4) is 0 Å². The van der Waals surface area contributed by atoms with E-state index >= 15 is 0 Å². The molecule has 1 aromatic carbocycles. The molecule has 1 heterocycles. The minimum Gasteiger partial charge on any atom is -0.324 e. The number of para-hydroxylation sites is 1. The van der Waals surface area contributed by atoms with Crippen molar-refractivity contribution in [3.05, 3.63) is 29.3 Å². The Kier molecular flexibility index (Phi) is 2.62. The molecule has 3 nitrogen and oxygen atoms in total. The molecule has 1 aliphatic heterocycles. The highest BCUT2D eigenvalue weighted by molar-refractivity contribution is 5.96. The van der Waals surface area contributed by atoms with Crippen molar-refractivity contribution < 1.29 is 14.4 Å². The van der Waals surface area contributed by atoms with E-state index in [2.05, 4.69) is 5.32 Å². The summed E-state index contributed by atoms with van der Waals surface area (Å²) < 4.78 is 54.7. The summed E-state index contributed by atoms with van der Waals surface area (Å²) in [6, 6.07) is 1.73. The highest BCUT2D eigenvalue weighted by Gasteiger charge is 2.30. The standard InChI is InChI=1S/C17H26N2O/c1-12(2)19-11-6-5-10-15(19)17(20)18-16-13(3)8-7-9-14(16)4/h7-9,12,15H,5-6,10-11H2,1-4H3,(H,18,20)/i1D3,2D3,12D. The minimum absolute atomic E-state index is 0.0745. The molecule has 0 aliphatic carbocycles. The van der Waals surface area contributed by atoms with Crippen LogP contribution in [0.3, 0.4) is 0 Å². The second-order valence-corrected chi connectivity index (χ2v) is 5.31. The van der Waals surface area contributed by atoms with Crippen LogP contribution in [0.1, 0.15) is 53.7 Å². The highest BCUT2D eigenvalue weighted by Crippen LogP contribution is 2.24. The van der Waals surface area contributed by atoms with Gasteiger partial charge in [-0.2, -0.15) is 0 Å². The van der Waals surface area contributed by atoms with Crippen LogP contribution >= 0.6 is 0 Å². The van der Waals surface area contributed by atoms with E-state index in [0.717, 1.165) is 16.0 Å². The first kappa shape index (κ1) is 8.18. The fourth-order valence-corrected chi connectivity index (χ4v) is 2.69. The maximum absolute atomic E-state index is 13.0. The number of hydrogen-bond acceptors (Lipinski definition) is 2. The number of rotatable bonds is 3. The van der Waals surface area contributed by atoms with E-state index in [1.807, 2.05) is 32.0 Å². The van der Waals surface area contributed by atoms with E-state index < -0.39 is 31.7 Å². The van der Waals surface area contributed by atoms with E-state index in [1.54, 1.807) is 0 Å². The average Bonchev–Trinajstić information content (AvgIpc) is 2.55. The van der Waals surface area contributed by atoms with Gasteiger partial charge in [0.05, 0.1) is 6.04 Å². The molecule has 3 heteroatoms. The average molecular weight is 281 g/mol. The van der Waals surface area contributed by atoms with E-state index in [1.165, 1.54) is 0 Å². The molecule has 0 radical (unpaired) electrons. The van der Waals surface area contributed by atoms with Gasteiger partial charge >= 0.3 is 0 Å². The third-order valence-electron chi connectivity index (χ3n) is 3.82. The number of nitrogens with one attached hydrogen (secondary N) is 1. The third-order valence-corrected chi connectivity index (χ3v) is 3.82. The Bertz CT molecular complexity index is 665. The van der Waals surface area contributed by atoms with Gasteiger partial charge in [-0.15, -0.1) is 0 Å². The molecule has 0 bridgehead atoms. The Morgan fingerprint density at radius 3 is 2.75 bits per heavy atom. The van der Waals surface area contributed by atoms with Gasteiger partial charge in [0.25, 0.3) is 0 Å². The topological polar surface area (TPSA) is 32.3 Å². The molecule has 1 amide bonds. The zero-order valence-corrected chi connectivity index (χ0v) is 12.0. The van der Waals surface area contributed by atoms with Crippen molar-refractivity contribution in [2.24, 2.45) is 0 Å². The normalized spacial score (nSPS) is 27.1. The van der Waals surface area contributed by atoms with E-state index in [9.17, 15) is 4.79 Å². The van der Waals surface area contributed by atoms with Crippen LogP contribution in [0, 0.1) is 13.8 Å². The predicted octanol–water partition coefficient (Wildman–Crippen LogP) is 3.50. The smallest absolute Gasteiger partial charge is 0.241 e. The monoisotopic (exact) mass is 281 g/mol. The Hall–Kier alpha value is -1.35. The van der Waals surface area contributed by atoms with Gasteiger partial charge < -0.3 is 5.32 Å². The minimum atomic E-state index is -3.09.